The van der Waals surface area contributed by atoms with E-state index in [9.17, 15) is 13.2 Å². The Morgan fingerprint density at radius 1 is 0.917 bits per heavy atom. The number of unbranched alkanes of at least 4 members (excludes halogenated alkanes) is 1. The van der Waals surface area contributed by atoms with Crippen LogP contribution in [-0.4, -0.2) is 6.18 Å². The molecule has 0 aliphatic heterocycles. The molecule has 2 aliphatic carbocycles. The van der Waals surface area contributed by atoms with Crippen molar-refractivity contribution < 1.29 is 13.2 Å². The number of alkyl halides is 3. The van der Waals surface area contributed by atoms with Gasteiger partial charge >= 0.3 is 6.18 Å². The van der Waals surface area contributed by atoms with E-state index in [-0.39, 0.29) is 12.8 Å². The van der Waals surface area contributed by atoms with Crippen LogP contribution in [-0.2, 0) is 0 Å². The molecule has 0 bridgehead atoms. The second kappa shape index (κ2) is 9.87. The van der Waals surface area contributed by atoms with Crippen LogP contribution in [0.4, 0.5) is 13.2 Å². The van der Waals surface area contributed by atoms with Crippen LogP contribution in [0.2, 0.25) is 0 Å². The van der Waals surface area contributed by atoms with Crippen molar-refractivity contribution in [3.8, 4) is 0 Å². The third-order valence-electron chi connectivity index (χ3n) is 6.33. The SMILES string of the molecule is CCCCC(CC=C[C@H]1CC[C@H](C2CCCCC2)CC1)C(F)(F)F. The molecule has 0 amide bonds. The van der Waals surface area contributed by atoms with Gasteiger partial charge in [-0.15, -0.1) is 0 Å². The molecule has 24 heavy (non-hydrogen) atoms. The van der Waals surface area contributed by atoms with Gasteiger partial charge in [-0.1, -0.05) is 64.0 Å². The van der Waals surface area contributed by atoms with Gasteiger partial charge in [-0.25, -0.2) is 0 Å². The molecule has 0 saturated heterocycles. The lowest BCUT2D eigenvalue weighted by molar-refractivity contribution is -0.175. The maximum Gasteiger partial charge on any atom is 0.392 e. The Morgan fingerprint density at radius 3 is 2.12 bits per heavy atom. The summed E-state index contributed by atoms with van der Waals surface area (Å²) in [6.07, 6.45) is 13.8. The van der Waals surface area contributed by atoms with Crippen molar-refractivity contribution in [2.24, 2.45) is 23.7 Å². The Hall–Kier alpha value is -0.470. The molecule has 2 fully saturated rings. The summed E-state index contributed by atoms with van der Waals surface area (Å²) in [5.74, 6) is 1.20. The van der Waals surface area contributed by atoms with E-state index in [1.165, 1.54) is 57.8 Å². The fourth-order valence-electron chi connectivity index (χ4n) is 4.72. The zero-order valence-electron chi connectivity index (χ0n) is 15.3. The van der Waals surface area contributed by atoms with Crippen LogP contribution in [0.25, 0.3) is 0 Å². The summed E-state index contributed by atoms with van der Waals surface area (Å²) in [6.45, 7) is 1.95. The minimum absolute atomic E-state index is 0.173. The number of rotatable bonds is 7. The van der Waals surface area contributed by atoms with Gasteiger partial charge in [0.05, 0.1) is 5.92 Å². The summed E-state index contributed by atoms with van der Waals surface area (Å²) in [5, 5.41) is 0. The zero-order chi connectivity index (χ0) is 17.4. The predicted molar refractivity (Wildman–Crippen MR) is 94.9 cm³/mol. The first-order chi connectivity index (χ1) is 11.5. The summed E-state index contributed by atoms with van der Waals surface area (Å²) in [4.78, 5) is 0. The van der Waals surface area contributed by atoms with E-state index in [1.54, 1.807) is 0 Å². The highest BCUT2D eigenvalue weighted by atomic mass is 19.4. The topological polar surface area (TPSA) is 0 Å². The summed E-state index contributed by atoms with van der Waals surface area (Å²) < 4.78 is 39.1. The van der Waals surface area contributed by atoms with Gasteiger partial charge in [-0.2, -0.15) is 13.2 Å². The molecule has 1 unspecified atom stereocenters. The third kappa shape index (κ3) is 6.44. The van der Waals surface area contributed by atoms with Crippen molar-refractivity contribution in [2.45, 2.75) is 96.6 Å². The minimum Gasteiger partial charge on any atom is -0.171 e. The highest BCUT2D eigenvalue weighted by Crippen LogP contribution is 2.40. The quantitative estimate of drug-likeness (QED) is 0.415. The van der Waals surface area contributed by atoms with Crippen LogP contribution >= 0.6 is 0 Å². The third-order valence-corrected chi connectivity index (χ3v) is 6.33. The molecule has 0 aromatic rings. The molecule has 3 heteroatoms. The van der Waals surface area contributed by atoms with E-state index < -0.39 is 12.1 Å². The Balaban J connectivity index is 1.72. The smallest absolute Gasteiger partial charge is 0.171 e. The van der Waals surface area contributed by atoms with Gasteiger partial charge in [0.2, 0.25) is 0 Å². The van der Waals surface area contributed by atoms with Crippen LogP contribution in [0.15, 0.2) is 12.2 Å². The molecule has 2 saturated carbocycles. The minimum atomic E-state index is -4.04. The monoisotopic (exact) mass is 344 g/mol. The first kappa shape index (κ1) is 19.8. The van der Waals surface area contributed by atoms with Crippen LogP contribution in [0.5, 0.6) is 0 Å². The number of hydrogen-bond acceptors (Lipinski definition) is 0. The van der Waals surface area contributed by atoms with Crippen molar-refractivity contribution in [2.75, 3.05) is 0 Å². The Bertz CT molecular complexity index is 358. The molecule has 0 nitrogen and oxygen atoms in total. The molecule has 2 aliphatic rings. The average Bonchev–Trinajstić information content (AvgIpc) is 2.58. The van der Waals surface area contributed by atoms with Crippen molar-refractivity contribution in [1.29, 1.82) is 0 Å². The Morgan fingerprint density at radius 2 is 1.54 bits per heavy atom. The Labute approximate surface area is 146 Å². The summed E-state index contributed by atoms with van der Waals surface area (Å²) >= 11 is 0. The maximum absolute atomic E-state index is 13.0. The van der Waals surface area contributed by atoms with Gasteiger partial charge in [0.25, 0.3) is 0 Å². The van der Waals surface area contributed by atoms with Gasteiger partial charge in [0.15, 0.2) is 0 Å². The van der Waals surface area contributed by atoms with Crippen LogP contribution in [0.3, 0.4) is 0 Å². The molecule has 0 radical (unpaired) electrons. The van der Waals surface area contributed by atoms with Crippen molar-refractivity contribution in [1.82, 2.24) is 0 Å². The second-order valence-corrected chi connectivity index (χ2v) is 8.12. The van der Waals surface area contributed by atoms with Crippen molar-refractivity contribution >= 4 is 0 Å². The van der Waals surface area contributed by atoms with E-state index in [1.807, 2.05) is 13.0 Å². The van der Waals surface area contributed by atoms with Crippen molar-refractivity contribution in [3.63, 3.8) is 0 Å². The summed E-state index contributed by atoms with van der Waals surface area (Å²) in [5.41, 5.74) is 0. The van der Waals surface area contributed by atoms with Gasteiger partial charge in [-0.05, 0) is 56.3 Å². The molecule has 0 aromatic heterocycles. The lowest BCUT2D eigenvalue weighted by Gasteiger charge is -2.35. The number of halogens is 3. The lowest BCUT2D eigenvalue weighted by atomic mass is 9.71. The second-order valence-electron chi connectivity index (χ2n) is 8.12. The number of hydrogen-bond donors (Lipinski definition) is 0. The van der Waals surface area contributed by atoms with Gasteiger partial charge in [0, 0.05) is 0 Å². The lowest BCUT2D eigenvalue weighted by Crippen LogP contribution is -2.23. The molecular formula is C21H35F3. The molecule has 2 rings (SSSR count). The molecule has 140 valence electrons. The van der Waals surface area contributed by atoms with E-state index >= 15 is 0 Å². The summed E-state index contributed by atoms with van der Waals surface area (Å²) in [6, 6.07) is 0. The summed E-state index contributed by atoms with van der Waals surface area (Å²) in [7, 11) is 0. The number of allylic oxidation sites excluding steroid dienone is 2. The van der Waals surface area contributed by atoms with Gasteiger partial charge < -0.3 is 0 Å². The van der Waals surface area contributed by atoms with Gasteiger partial charge in [0.1, 0.15) is 0 Å². The fourth-order valence-corrected chi connectivity index (χ4v) is 4.72. The molecule has 0 aromatic carbocycles. The standard InChI is InChI=1S/C21H35F3/c1-2-3-11-20(21(22,23)24)12-7-8-17-13-15-19(16-14-17)18-9-5-4-6-10-18/h7-8,17-20H,2-6,9-16H2,1H3/t17-,19-,20?. The van der Waals surface area contributed by atoms with E-state index in [0.717, 1.165) is 18.3 Å². The molecule has 1 atom stereocenters. The zero-order valence-corrected chi connectivity index (χ0v) is 15.3. The van der Waals surface area contributed by atoms with Crippen molar-refractivity contribution in [3.05, 3.63) is 12.2 Å². The first-order valence-electron chi connectivity index (χ1n) is 10.2. The highest BCUT2D eigenvalue weighted by Gasteiger charge is 2.37. The van der Waals surface area contributed by atoms with E-state index in [0.29, 0.717) is 12.3 Å². The van der Waals surface area contributed by atoms with E-state index in [4.69, 9.17) is 0 Å². The van der Waals surface area contributed by atoms with Gasteiger partial charge in [-0.3, -0.25) is 0 Å². The predicted octanol–water partition coefficient (Wildman–Crippen LogP) is 7.69. The highest BCUT2D eigenvalue weighted by molar-refractivity contribution is 4.94. The normalized spacial score (nSPS) is 28.3. The largest absolute Gasteiger partial charge is 0.392 e. The molecule has 0 heterocycles. The fraction of sp³-hybridized carbons (Fsp3) is 0.905. The molecule has 0 spiro atoms. The first-order valence-corrected chi connectivity index (χ1v) is 10.2. The van der Waals surface area contributed by atoms with Crippen LogP contribution < -0.4 is 0 Å². The molecule has 0 N–H and O–H groups in total. The van der Waals surface area contributed by atoms with Crippen LogP contribution in [0, 0.1) is 23.7 Å². The maximum atomic E-state index is 13.0. The molecular weight excluding hydrogens is 309 g/mol. The van der Waals surface area contributed by atoms with E-state index in [2.05, 4.69) is 6.08 Å². The average molecular weight is 345 g/mol. The Kier molecular flexibility index (Phi) is 8.16. The van der Waals surface area contributed by atoms with Crippen LogP contribution in [0.1, 0.15) is 90.4 Å².